The Hall–Kier alpha value is -2.03. The van der Waals surface area contributed by atoms with Crippen LogP contribution in [0.25, 0.3) is 0 Å². The van der Waals surface area contributed by atoms with Crippen molar-refractivity contribution in [3.8, 4) is 5.75 Å². The highest BCUT2D eigenvalue weighted by Crippen LogP contribution is 2.30. The van der Waals surface area contributed by atoms with E-state index in [4.69, 9.17) is 27.8 Å². The molecule has 1 aromatic rings. The van der Waals surface area contributed by atoms with Gasteiger partial charge in [0.25, 0.3) is 5.91 Å². The zero-order chi connectivity index (χ0) is 20.0. The predicted octanol–water partition coefficient (Wildman–Crippen LogP) is 1.92. The smallest absolute Gasteiger partial charge is 0.338 e. The van der Waals surface area contributed by atoms with E-state index >= 15 is 0 Å². The first kappa shape index (κ1) is 21.3. The number of urea groups is 1. The number of aliphatic hydroxyl groups is 1. The molecular weight excluding hydrogens is 372 g/mol. The minimum absolute atomic E-state index is 0.191. The quantitative estimate of drug-likeness (QED) is 0.543. The molecule has 0 bridgehead atoms. The topological polar surface area (TPSA) is 131 Å². The number of halogens is 1. The normalized spacial score (nSPS) is 17.0. The van der Waals surface area contributed by atoms with Crippen molar-refractivity contribution in [2.24, 2.45) is 17.4 Å². The Bertz CT molecular complexity index is 667. The van der Waals surface area contributed by atoms with Gasteiger partial charge in [0.1, 0.15) is 17.5 Å². The van der Waals surface area contributed by atoms with Crippen LogP contribution in [-0.2, 0) is 4.79 Å². The Kier molecular flexibility index (Phi) is 7.70. The molecule has 1 fully saturated rings. The molecule has 0 heterocycles. The summed E-state index contributed by atoms with van der Waals surface area (Å²) >= 11 is 5.91. The number of hydrogen-bond donors (Lipinski definition) is 4. The van der Waals surface area contributed by atoms with E-state index < -0.39 is 24.1 Å². The fourth-order valence-electron chi connectivity index (χ4n) is 3.38. The van der Waals surface area contributed by atoms with Gasteiger partial charge in [0.2, 0.25) is 0 Å². The SMILES string of the molecule is COc1cc(Cl)ccc1N(NC(=O)C(O)[C@H](N)CC1CCCCC1)C(N)=O. The van der Waals surface area contributed by atoms with Gasteiger partial charge in [-0.3, -0.25) is 10.2 Å². The number of benzene rings is 1. The monoisotopic (exact) mass is 398 g/mol. The number of hydrazine groups is 1. The first-order valence-corrected chi connectivity index (χ1v) is 9.38. The van der Waals surface area contributed by atoms with E-state index in [0.29, 0.717) is 17.4 Å². The van der Waals surface area contributed by atoms with Crippen LogP contribution >= 0.6 is 11.6 Å². The van der Waals surface area contributed by atoms with Crippen LogP contribution in [0.3, 0.4) is 0 Å². The van der Waals surface area contributed by atoms with E-state index in [1.807, 2.05) is 0 Å². The van der Waals surface area contributed by atoms with Crippen molar-refractivity contribution in [3.05, 3.63) is 23.2 Å². The van der Waals surface area contributed by atoms with Crippen LogP contribution in [0.15, 0.2) is 18.2 Å². The average molecular weight is 399 g/mol. The van der Waals surface area contributed by atoms with Crippen LogP contribution in [0.1, 0.15) is 38.5 Å². The molecule has 1 aliphatic carbocycles. The molecule has 3 amide bonds. The molecule has 0 radical (unpaired) electrons. The van der Waals surface area contributed by atoms with Crippen LogP contribution in [0.5, 0.6) is 5.75 Å². The van der Waals surface area contributed by atoms with Crippen molar-refractivity contribution in [2.75, 3.05) is 12.1 Å². The number of ether oxygens (including phenoxy) is 1. The van der Waals surface area contributed by atoms with Gasteiger partial charge in [-0.15, -0.1) is 0 Å². The van der Waals surface area contributed by atoms with Gasteiger partial charge in [-0.25, -0.2) is 4.79 Å². The highest BCUT2D eigenvalue weighted by Gasteiger charge is 2.29. The maximum atomic E-state index is 12.4. The lowest BCUT2D eigenvalue weighted by molar-refractivity contribution is -0.130. The number of carbonyl (C=O) groups is 2. The Balaban J connectivity index is 2.06. The summed E-state index contributed by atoms with van der Waals surface area (Å²) in [7, 11) is 1.39. The summed E-state index contributed by atoms with van der Waals surface area (Å²) in [5, 5.41) is 11.5. The molecule has 0 spiro atoms. The number of anilines is 1. The molecule has 2 atom stereocenters. The highest BCUT2D eigenvalue weighted by atomic mass is 35.5. The highest BCUT2D eigenvalue weighted by molar-refractivity contribution is 6.30. The Labute approximate surface area is 163 Å². The molecule has 0 aromatic heterocycles. The third-order valence-electron chi connectivity index (χ3n) is 4.83. The number of nitrogens with two attached hydrogens (primary N) is 2. The molecule has 0 saturated heterocycles. The number of carbonyl (C=O) groups excluding carboxylic acids is 2. The van der Waals surface area contributed by atoms with Crippen LogP contribution in [0.4, 0.5) is 10.5 Å². The van der Waals surface area contributed by atoms with Crippen LogP contribution < -0.4 is 26.6 Å². The lowest BCUT2D eigenvalue weighted by Gasteiger charge is -2.28. The third-order valence-corrected chi connectivity index (χ3v) is 5.06. The zero-order valence-electron chi connectivity index (χ0n) is 15.4. The van der Waals surface area contributed by atoms with Crippen LogP contribution in [0, 0.1) is 5.92 Å². The molecule has 150 valence electrons. The fraction of sp³-hybridized carbons (Fsp3) is 0.556. The van der Waals surface area contributed by atoms with E-state index in [9.17, 15) is 14.7 Å². The Morgan fingerprint density at radius 1 is 1.37 bits per heavy atom. The van der Waals surface area contributed by atoms with Crippen molar-refractivity contribution in [2.45, 2.75) is 50.7 Å². The number of hydrogen-bond acceptors (Lipinski definition) is 5. The summed E-state index contributed by atoms with van der Waals surface area (Å²) in [6, 6.07) is 2.80. The lowest BCUT2D eigenvalue weighted by Crippen LogP contribution is -2.56. The Morgan fingerprint density at radius 3 is 2.63 bits per heavy atom. The summed E-state index contributed by atoms with van der Waals surface area (Å²) in [6.07, 6.45) is 4.69. The van der Waals surface area contributed by atoms with Crippen molar-refractivity contribution in [1.29, 1.82) is 0 Å². The average Bonchev–Trinajstić information content (AvgIpc) is 2.66. The van der Waals surface area contributed by atoms with E-state index in [2.05, 4.69) is 5.43 Å². The molecule has 1 unspecified atom stereocenters. The minimum atomic E-state index is -1.47. The van der Waals surface area contributed by atoms with Gasteiger partial charge >= 0.3 is 6.03 Å². The van der Waals surface area contributed by atoms with Gasteiger partial charge in [-0.2, -0.15) is 5.01 Å². The number of amides is 3. The van der Waals surface area contributed by atoms with Gasteiger partial charge in [-0.05, 0) is 24.5 Å². The van der Waals surface area contributed by atoms with Gasteiger partial charge in [0, 0.05) is 17.1 Å². The Morgan fingerprint density at radius 2 is 2.04 bits per heavy atom. The zero-order valence-corrected chi connectivity index (χ0v) is 16.1. The first-order chi connectivity index (χ1) is 12.8. The van der Waals surface area contributed by atoms with Crippen molar-refractivity contribution in [3.63, 3.8) is 0 Å². The van der Waals surface area contributed by atoms with Crippen LogP contribution in [-0.4, -0.2) is 36.3 Å². The summed E-state index contributed by atoms with van der Waals surface area (Å²) in [5.41, 5.74) is 13.9. The fourth-order valence-corrected chi connectivity index (χ4v) is 3.54. The van der Waals surface area contributed by atoms with Crippen molar-refractivity contribution < 1.29 is 19.4 Å². The largest absolute Gasteiger partial charge is 0.494 e. The molecule has 27 heavy (non-hydrogen) atoms. The molecule has 1 aliphatic rings. The number of aliphatic hydroxyl groups excluding tert-OH is 1. The van der Waals surface area contributed by atoms with E-state index in [0.717, 1.165) is 30.7 Å². The minimum Gasteiger partial charge on any atom is -0.494 e. The van der Waals surface area contributed by atoms with Gasteiger partial charge in [-0.1, -0.05) is 43.7 Å². The summed E-state index contributed by atoms with van der Waals surface area (Å²) in [4.78, 5) is 24.3. The summed E-state index contributed by atoms with van der Waals surface area (Å²) in [5.74, 6) is -0.170. The number of methoxy groups -OCH3 is 1. The van der Waals surface area contributed by atoms with Gasteiger partial charge in [0.05, 0.1) is 7.11 Å². The van der Waals surface area contributed by atoms with E-state index in [1.54, 1.807) is 0 Å². The second-order valence-corrected chi connectivity index (χ2v) is 7.25. The standard InChI is InChI=1S/C18H27ClN4O4/c1-27-15-10-12(19)7-8-14(15)23(18(21)26)22-17(25)16(24)13(20)9-11-5-3-2-4-6-11/h7-8,10-11,13,16,24H,2-6,9,20H2,1H3,(H2,21,26)(H,22,25)/t13-,16?/m1/s1. The van der Waals surface area contributed by atoms with E-state index in [-0.39, 0.29) is 11.4 Å². The molecule has 8 nitrogen and oxygen atoms in total. The number of nitrogens with one attached hydrogen (secondary N) is 1. The maximum absolute atomic E-state index is 12.4. The lowest BCUT2D eigenvalue weighted by atomic mass is 9.84. The molecule has 6 N–H and O–H groups in total. The molecular formula is C18H27ClN4O4. The van der Waals surface area contributed by atoms with E-state index in [1.165, 1.54) is 31.7 Å². The molecule has 1 aromatic carbocycles. The number of rotatable bonds is 6. The molecule has 9 heteroatoms. The number of primary amides is 1. The third kappa shape index (κ3) is 5.72. The van der Waals surface area contributed by atoms with Gasteiger partial charge < -0.3 is 21.3 Å². The van der Waals surface area contributed by atoms with Crippen molar-refractivity contribution in [1.82, 2.24) is 5.43 Å². The predicted molar refractivity (Wildman–Crippen MR) is 103 cm³/mol. The second kappa shape index (κ2) is 9.77. The van der Waals surface area contributed by atoms with Gasteiger partial charge in [0.15, 0.2) is 0 Å². The van der Waals surface area contributed by atoms with Crippen LogP contribution in [0.2, 0.25) is 5.02 Å². The first-order valence-electron chi connectivity index (χ1n) is 9.00. The van der Waals surface area contributed by atoms with Crippen molar-refractivity contribution >= 4 is 29.2 Å². The number of nitrogens with zero attached hydrogens (tertiary/aromatic N) is 1. The second-order valence-electron chi connectivity index (χ2n) is 6.81. The maximum Gasteiger partial charge on any atom is 0.338 e. The summed E-state index contributed by atoms with van der Waals surface area (Å²) in [6.45, 7) is 0. The molecule has 0 aliphatic heterocycles. The molecule has 1 saturated carbocycles. The molecule has 2 rings (SSSR count). The summed E-state index contributed by atoms with van der Waals surface area (Å²) < 4.78 is 5.17.